The topological polar surface area (TPSA) is 78.0 Å². The van der Waals surface area contributed by atoms with E-state index >= 15 is 0 Å². The van der Waals surface area contributed by atoms with E-state index in [9.17, 15) is 0 Å². The van der Waals surface area contributed by atoms with Crippen LogP contribution in [0.15, 0.2) is 54.7 Å². The van der Waals surface area contributed by atoms with Crippen LogP contribution in [-0.2, 0) is 0 Å². The minimum absolute atomic E-state index is 0.201. The van der Waals surface area contributed by atoms with E-state index in [-0.39, 0.29) is 6.01 Å². The minimum Gasteiger partial charge on any atom is -0.497 e. The van der Waals surface area contributed by atoms with Gasteiger partial charge in [0.25, 0.3) is 0 Å². The number of piperidine rings is 1. The Balaban J connectivity index is 1.56. The molecule has 4 rings (SSSR count). The van der Waals surface area contributed by atoms with E-state index in [1.807, 2.05) is 36.4 Å². The molecule has 0 unspecified atom stereocenters. The molecular formula is C24H28N4O4. The molecule has 0 aliphatic carbocycles. The van der Waals surface area contributed by atoms with Crippen molar-refractivity contribution >= 4 is 5.69 Å². The lowest BCUT2D eigenvalue weighted by molar-refractivity contribution is 0.263. The minimum atomic E-state index is 0.201. The first-order chi connectivity index (χ1) is 15.6. The Morgan fingerprint density at radius 1 is 0.812 bits per heavy atom. The second-order valence-electron chi connectivity index (χ2n) is 7.65. The molecule has 1 N–H and O–H groups in total. The van der Waals surface area contributed by atoms with Crippen LogP contribution in [0.5, 0.6) is 34.9 Å². The molecule has 0 spiro atoms. The van der Waals surface area contributed by atoms with Gasteiger partial charge in [0.05, 0.1) is 20.4 Å². The number of likely N-dealkylation sites (tertiary alicyclic amines) is 1. The molecule has 0 bridgehead atoms. The molecule has 0 saturated carbocycles. The summed E-state index contributed by atoms with van der Waals surface area (Å²) in [6, 6.07) is 15.1. The molecule has 2 heterocycles. The molecule has 0 atom stereocenters. The fourth-order valence-corrected chi connectivity index (χ4v) is 3.45. The quantitative estimate of drug-likeness (QED) is 0.550. The first-order valence-electron chi connectivity index (χ1n) is 10.6. The van der Waals surface area contributed by atoms with Crippen LogP contribution >= 0.6 is 0 Å². The normalized spacial score (nSPS) is 14.6. The van der Waals surface area contributed by atoms with E-state index in [0.717, 1.165) is 43.1 Å². The molecule has 32 heavy (non-hydrogen) atoms. The number of hydrogen-bond acceptors (Lipinski definition) is 8. The maximum Gasteiger partial charge on any atom is 0.325 e. The van der Waals surface area contributed by atoms with E-state index in [4.69, 9.17) is 18.9 Å². The predicted octanol–water partition coefficient (Wildman–Crippen LogP) is 4.58. The number of ether oxygens (including phenoxy) is 4. The zero-order valence-electron chi connectivity index (χ0n) is 18.6. The highest BCUT2D eigenvalue weighted by atomic mass is 16.5. The Morgan fingerprint density at radius 3 is 1.91 bits per heavy atom. The summed E-state index contributed by atoms with van der Waals surface area (Å²) in [7, 11) is 5.40. The molecule has 1 saturated heterocycles. The highest BCUT2D eigenvalue weighted by molar-refractivity contribution is 5.54. The molecule has 0 amide bonds. The van der Waals surface area contributed by atoms with Crippen molar-refractivity contribution in [2.45, 2.75) is 18.9 Å². The Kier molecular flexibility index (Phi) is 6.91. The van der Waals surface area contributed by atoms with Crippen molar-refractivity contribution in [2.75, 3.05) is 39.7 Å². The van der Waals surface area contributed by atoms with Gasteiger partial charge < -0.3 is 29.2 Å². The molecule has 1 fully saturated rings. The Morgan fingerprint density at radius 2 is 1.34 bits per heavy atom. The number of nitrogens with zero attached hydrogens (tertiary/aromatic N) is 3. The summed E-state index contributed by atoms with van der Waals surface area (Å²) in [6.45, 7) is 2.09. The van der Waals surface area contributed by atoms with Gasteiger partial charge in [-0.15, -0.1) is 0 Å². The van der Waals surface area contributed by atoms with Crippen LogP contribution in [-0.4, -0.2) is 55.3 Å². The molecule has 168 valence electrons. The number of benzene rings is 2. The van der Waals surface area contributed by atoms with Gasteiger partial charge in [-0.25, -0.2) is 4.98 Å². The number of nitrogens with one attached hydrogen (secondary N) is 1. The van der Waals surface area contributed by atoms with Gasteiger partial charge in [0, 0.05) is 6.04 Å². The third-order valence-electron chi connectivity index (χ3n) is 5.35. The lowest BCUT2D eigenvalue weighted by Gasteiger charge is -2.30. The van der Waals surface area contributed by atoms with Crippen LogP contribution in [0.1, 0.15) is 12.8 Å². The van der Waals surface area contributed by atoms with Crippen LogP contribution in [0.4, 0.5) is 5.69 Å². The number of methoxy groups -OCH3 is 2. The fourth-order valence-electron chi connectivity index (χ4n) is 3.45. The standard InChI is InChI=1S/C24H28N4O4/c1-28-14-12-17(13-15-28)26-22-16-25-24(32-21-10-6-19(30-3)7-11-21)27-23(22)31-20-8-4-18(29-2)5-9-20/h4-11,16-17,26H,12-15H2,1-3H3. The first-order valence-corrected chi connectivity index (χ1v) is 10.6. The van der Waals surface area contributed by atoms with E-state index in [1.165, 1.54) is 0 Å². The average Bonchev–Trinajstić information content (AvgIpc) is 2.83. The number of anilines is 1. The lowest BCUT2D eigenvalue weighted by atomic mass is 10.1. The van der Waals surface area contributed by atoms with E-state index in [1.54, 1.807) is 32.5 Å². The van der Waals surface area contributed by atoms with Crippen molar-refractivity contribution in [3.8, 4) is 34.9 Å². The molecular weight excluding hydrogens is 408 g/mol. The molecule has 1 aliphatic heterocycles. The van der Waals surface area contributed by atoms with Gasteiger partial charge in [0.15, 0.2) is 0 Å². The second kappa shape index (κ2) is 10.2. The van der Waals surface area contributed by atoms with Crippen molar-refractivity contribution in [2.24, 2.45) is 0 Å². The third-order valence-corrected chi connectivity index (χ3v) is 5.35. The van der Waals surface area contributed by atoms with E-state index in [0.29, 0.717) is 23.4 Å². The van der Waals surface area contributed by atoms with Gasteiger partial charge in [0.2, 0.25) is 5.88 Å². The molecule has 8 nitrogen and oxygen atoms in total. The average molecular weight is 437 g/mol. The zero-order chi connectivity index (χ0) is 22.3. The fraction of sp³-hybridized carbons (Fsp3) is 0.333. The predicted molar refractivity (Wildman–Crippen MR) is 122 cm³/mol. The van der Waals surface area contributed by atoms with Crippen molar-refractivity contribution < 1.29 is 18.9 Å². The summed E-state index contributed by atoms with van der Waals surface area (Å²) in [6.07, 6.45) is 3.80. The summed E-state index contributed by atoms with van der Waals surface area (Å²) >= 11 is 0. The van der Waals surface area contributed by atoms with Crippen LogP contribution in [0.2, 0.25) is 0 Å². The largest absolute Gasteiger partial charge is 0.497 e. The van der Waals surface area contributed by atoms with Crippen molar-refractivity contribution in [3.05, 3.63) is 54.7 Å². The first kappa shape index (κ1) is 21.7. The number of rotatable bonds is 8. The SMILES string of the molecule is COc1ccc(Oc2ncc(NC3CCN(C)CC3)c(Oc3ccc(OC)cc3)n2)cc1. The lowest BCUT2D eigenvalue weighted by Crippen LogP contribution is -2.36. The zero-order valence-corrected chi connectivity index (χ0v) is 18.6. The third kappa shape index (κ3) is 5.59. The molecule has 1 aliphatic rings. The van der Waals surface area contributed by atoms with Gasteiger partial charge in [-0.1, -0.05) is 0 Å². The smallest absolute Gasteiger partial charge is 0.325 e. The number of hydrogen-bond donors (Lipinski definition) is 1. The van der Waals surface area contributed by atoms with Crippen LogP contribution < -0.4 is 24.3 Å². The van der Waals surface area contributed by atoms with Crippen LogP contribution in [0.25, 0.3) is 0 Å². The van der Waals surface area contributed by atoms with Gasteiger partial charge >= 0.3 is 6.01 Å². The maximum absolute atomic E-state index is 6.11. The summed E-state index contributed by atoms with van der Waals surface area (Å²) < 4.78 is 22.4. The highest BCUT2D eigenvalue weighted by Crippen LogP contribution is 2.32. The Labute approximate surface area is 188 Å². The highest BCUT2D eigenvalue weighted by Gasteiger charge is 2.20. The summed E-state index contributed by atoms with van der Waals surface area (Å²) in [4.78, 5) is 11.3. The van der Waals surface area contributed by atoms with Crippen molar-refractivity contribution in [1.29, 1.82) is 0 Å². The van der Waals surface area contributed by atoms with Crippen molar-refractivity contribution in [1.82, 2.24) is 14.9 Å². The van der Waals surface area contributed by atoms with E-state index < -0.39 is 0 Å². The van der Waals surface area contributed by atoms with Crippen molar-refractivity contribution in [3.63, 3.8) is 0 Å². The van der Waals surface area contributed by atoms with Gasteiger partial charge in [0.1, 0.15) is 28.7 Å². The molecule has 0 radical (unpaired) electrons. The Bertz CT molecular complexity index is 1000. The maximum atomic E-state index is 6.11. The van der Waals surface area contributed by atoms with Gasteiger partial charge in [-0.2, -0.15) is 4.98 Å². The van der Waals surface area contributed by atoms with E-state index in [2.05, 4.69) is 27.2 Å². The summed E-state index contributed by atoms with van der Waals surface area (Å²) in [5.41, 5.74) is 0.734. The van der Waals surface area contributed by atoms with Gasteiger partial charge in [-0.3, -0.25) is 0 Å². The van der Waals surface area contributed by atoms with Crippen LogP contribution in [0, 0.1) is 0 Å². The molecule has 3 aromatic rings. The Hall–Kier alpha value is -3.52. The molecule has 8 heteroatoms. The summed E-state index contributed by atoms with van der Waals surface area (Å²) in [5, 5.41) is 3.55. The monoisotopic (exact) mass is 436 g/mol. The summed E-state index contributed by atoms with van der Waals surface area (Å²) in [5.74, 6) is 3.17. The van der Waals surface area contributed by atoms with Crippen LogP contribution in [0.3, 0.4) is 0 Å². The second-order valence-corrected chi connectivity index (χ2v) is 7.65. The molecule has 1 aromatic heterocycles. The van der Waals surface area contributed by atoms with Gasteiger partial charge in [-0.05, 0) is 81.5 Å². The number of aromatic nitrogens is 2. The molecule has 2 aromatic carbocycles.